The second-order valence-electron chi connectivity index (χ2n) is 6.91. The molecule has 2 aromatic rings. The molecule has 1 aliphatic rings. The normalized spacial score (nSPS) is 16.5. The highest BCUT2D eigenvalue weighted by Gasteiger charge is 2.37. The van der Waals surface area contributed by atoms with E-state index in [1.54, 1.807) is 0 Å². The van der Waals surface area contributed by atoms with Gasteiger partial charge < -0.3 is 10.1 Å². The van der Waals surface area contributed by atoms with Crippen LogP contribution in [0, 0.1) is 10.1 Å². The van der Waals surface area contributed by atoms with E-state index in [0.29, 0.717) is 37.6 Å². The molecule has 2 aromatic carbocycles. The third kappa shape index (κ3) is 4.14. The van der Waals surface area contributed by atoms with Crippen molar-refractivity contribution in [3.63, 3.8) is 0 Å². The van der Waals surface area contributed by atoms with Gasteiger partial charge in [0.25, 0.3) is 0 Å². The number of benzene rings is 2. The summed E-state index contributed by atoms with van der Waals surface area (Å²) in [6.07, 6.45) is 2.36. The van der Waals surface area contributed by atoms with Crippen molar-refractivity contribution in [2.45, 2.75) is 23.2 Å². The second-order valence-corrected chi connectivity index (χ2v) is 9.30. The van der Waals surface area contributed by atoms with Gasteiger partial charge in [-0.05, 0) is 36.6 Å². The van der Waals surface area contributed by atoms with E-state index in [1.165, 1.54) is 18.2 Å². The van der Waals surface area contributed by atoms with E-state index in [4.69, 9.17) is 16.3 Å². The minimum atomic E-state index is -3.74. The summed E-state index contributed by atoms with van der Waals surface area (Å²) in [5, 5.41) is 15.4. The molecule has 7 nitrogen and oxygen atoms in total. The van der Waals surface area contributed by atoms with Crippen molar-refractivity contribution < 1.29 is 18.1 Å². The quantitative estimate of drug-likeness (QED) is 0.559. The van der Waals surface area contributed by atoms with Crippen LogP contribution in [0.1, 0.15) is 18.4 Å². The van der Waals surface area contributed by atoms with Crippen molar-refractivity contribution in [1.29, 1.82) is 0 Å². The molecule has 9 heteroatoms. The van der Waals surface area contributed by atoms with Gasteiger partial charge in [0.1, 0.15) is 10.6 Å². The predicted octanol–water partition coefficient (Wildman–Crippen LogP) is 3.81. The topological polar surface area (TPSA) is 98.5 Å². The Morgan fingerprint density at radius 2 is 1.86 bits per heavy atom. The smallest absolute Gasteiger partial charge is 0.310 e. The summed E-state index contributed by atoms with van der Waals surface area (Å²) >= 11 is 6.44. The van der Waals surface area contributed by atoms with Crippen molar-refractivity contribution in [3.05, 3.63) is 63.2 Å². The molecule has 0 spiro atoms. The van der Waals surface area contributed by atoms with E-state index in [0.717, 1.165) is 11.8 Å². The van der Waals surface area contributed by atoms with Crippen molar-refractivity contribution in [2.75, 3.05) is 31.3 Å². The van der Waals surface area contributed by atoms with Crippen molar-refractivity contribution in [2.24, 2.45) is 0 Å². The van der Waals surface area contributed by atoms with Crippen LogP contribution in [0.4, 0.5) is 11.4 Å². The number of nitro benzene ring substituents is 1. The lowest BCUT2D eigenvalue weighted by Gasteiger charge is -2.38. The standard InChI is InChI=1S/C19H21ClN2O5S/c1-28(25,26)17-8-4-7-16(18(17)22(23)24)21-13-19(9-11-27-12-10-19)14-5-2-3-6-15(14)20/h2-8,21H,9-13H2,1H3. The molecule has 0 unspecified atom stereocenters. The Morgan fingerprint density at radius 1 is 1.18 bits per heavy atom. The summed E-state index contributed by atoms with van der Waals surface area (Å²) in [7, 11) is -3.74. The molecule has 0 saturated carbocycles. The van der Waals surface area contributed by atoms with E-state index < -0.39 is 20.4 Å². The molecule has 28 heavy (non-hydrogen) atoms. The maximum atomic E-state index is 12.0. The van der Waals surface area contributed by atoms with E-state index in [9.17, 15) is 18.5 Å². The zero-order valence-corrected chi connectivity index (χ0v) is 16.9. The van der Waals surface area contributed by atoms with E-state index in [1.807, 2.05) is 24.3 Å². The fourth-order valence-corrected chi connectivity index (χ4v) is 4.81. The number of nitrogens with zero attached hydrogens (tertiary/aromatic N) is 1. The molecule has 1 saturated heterocycles. The number of sulfone groups is 1. The first kappa shape index (κ1) is 20.6. The van der Waals surface area contributed by atoms with Crippen LogP contribution in [-0.4, -0.2) is 39.4 Å². The Balaban J connectivity index is 1.99. The summed E-state index contributed by atoms with van der Waals surface area (Å²) in [5.74, 6) is 0. The van der Waals surface area contributed by atoms with E-state index in [-0.39, 0.29) is 16.0 Å². The molecule has 0 aromatic heterocycles. The molecular formula is C19H21ClN2O5S. The molecular weight excluding hydrogens is 404 g/mol. The number of nitro groups is 1. The van der Waals surface area contributed by atoms with Crippen LogP contribution in [0.3, 0.4) is 0 Å². The first-order valence-electron chi connectivity index (χ1n) is 8.79. The highest BCUT2D eigenvalue weighted by molar-refractivity contribution is 7.90. The van der Waals surface area contributed by atoms with Crippen molar-refractivity contribution in [1.82, 2.24) is 0 Å². The minimum Gasteiger partial charge on any atom is -0.381 e. The number of nitrogens with one attached hydrogen (secondary N) is 1. The molecule has 3 rings (SSSR count). The lowest BCUT2D eigenvalue weighted by atomic mass is 9.74. The number of anilines is 1. The monoisotopic (exact) mass is 424 g/mol. The number of para-hydroxylation sites is 1. The molecule has 1 aliphatic heterocycles. The largest absolute Gasteiger partial charge is 0.381 e. The molecule has 150 valence electrons. The van der Waals surface area contributed by atoms with Gasteiger partial charge in [-0.15, -0.1) is 0 Å². The highest BCUT2D eigenvalue weighted by Crippen LogP contribution is 2.40. The molecule has 0 radical (unpaired) electrons. The third-order valence-corrected chi connectivity index (χ3v) is 6.55. The number of rotatable bonds is 6. The number of hydrogen-bond acceptors (Lipinski definition) is 6. The molecule has 1 N–H and O–H groups in total. The zero-order valence-electron chi connectivity index (χ0n) is 15.4. The first-order valence-corrected chi connectivity index (χ1v) is 11.1. The number of ether oxygens (including phenoxy) is 1. The average molecular weight is 425 g/mol. The first-order chi connectivity index (χ1) is 13.2. The lowest BCUT2D eigenvalue weighted by Crippen LogP contribution is -2.40. The van der Waals surface area contributed by atoms with Gasteiger partial charge in [-0.25, -0.2) is 8.42 Å². The molecule has 0 bridgehead atoms. The van der Waals surface area contributed by atoms with Crippen LogP contribution in [-0.2, 0) is 20.0 Å². The van der Waals surface area contributed by atoms with Crippen LogP contribution in [0.25, 0.3) is 0 Å². The molecule has 0 atom stereocenters. The van der Waals surface area contributed by atoms with Crippen LogP contribution >= 0.6 is 11.6 Å². The zero-order chi connectivity index (χ0) is 20.4. The number of hydrogen-bond donors (Lipinski definition) is 1. The van der Waals surface area contributed by atoms with Gasteiger partial charge in [0.05, 0.1) is 4.92 Å². The lowest BCUT2D eigenvalue weighted by molar-refractivity contribution is -0.386. The van der Waals surface area contributed by atoms with Crippen LogP contribution < -0.4 is 5.32 Å². The highest BCUT2D eigenvalue weighted by atomic mass is 35.5. The van der Waals surface area contributed by atoms with Gasteiger partial charge >= 0.3 is 5.69 Å². The average Bonchev–Trinajstić information content (AvgIpc) is 2.66. The second kappa shape index (κ2) is 8.06. The van der Waals surface area contributed by atoms with Crippen LogP contribution in [0.5, 0.6) is 0 Å². The van der Waals surface area contributed by atoms with Gasteiger partial charge in [-0.1, -0.05) is 35.9 Å². The summed E-state index contributed by atoms with van der Waals surface area (Å²) in [4.78, 5) is 10.6. The maximum absolute atomic E-state index is 12.0. The van der Waals surface area contributed by atoms with Gasteiger partial charge in [0.2, 0.25) is 0 Å². The summed E-state index contributed by atoms with van der Waals surface area (Å²) in [5.41, 5.74) is 0.317. The van der Waals surface area contributed by atoms with Crippen molar-refractivity contribution in [3.8, 4) is 0 Å². The van der Waals surface area contributed by atoms with Gasteiger partial charge in [-0.2, -0.15) is 0 Å². The maximum Gasteiger partial charge on any atom is 0.310 e. The Labute approximate surface area is 168 Å². The fourth-order valence-electron chi connectivity index (χ4n) is 3.61. The van der Waals surface area contributed by atoms with Crippen LogP contribution in [0.15, 0.2) is 47.4 Å². The molecule has 1 heterocycles. The SMILES string of the molecule is CS(=O)(=O)c1cccc(NCC2(c3ccccc3Cl)CCOCC2)c1[N+](=O)[O-]. The molecule has 1 fully saturated rings. The van der Waals surface area contributed by atoms with Crippen LogP contribution in [0.2, 0.25) is 5.02 Å². The Bertz CT molecular complexity index is 988. The van der Waals surface area contributed by atoms with Gasteiger partial charge in [-0.3, -0.25) is 10.1 Å². The third-order valence-electron chi connectivity index (χ3n) is 5.09. The summed E-state index contributed by atoms with van der Waals surface area (Å²) in [6.45, 7) is 1.48. The number of halogens is 1. The van der Waals surface area contributed by atoms with Gasteiger partial charge in [0.15, 0.2) is 9.84 Å². The summed E-state index contributed by atoms with van der Waals surface area (Å²) in [6, 6.07) is 11.8. The van der Waals surface area contributed by atoms with E-state index in [2.05, 4.69) is 5.32 Å². The van der Waals surface area contributed by atoms with E-state index >= 15 is 0 Å². The molecule has 0 amide bonds. The Kier molecular flexibility index (Phi) is 5.92. The van der Waals surface area contributed by atoms with Gasteiger partial charge in [0, 0.05) is 36.5 Å². The fraction of sp³-hybridized carbons (Fsp3) is 0.368. The molecule has 0 aliphatic carbocycles. The summed E-state index contributed by atoms with van der Waals surface area (Å²) < 4.78 is 29.5. The predicted molar refractivity (Wildman–Crippen MR) is 108 cm³/mol. The Morgan fingerprint density at radius 3 is 2.46 bits per heavy atom. The minimum absolute atomic E-state index is 0.172. The van der Waals surface area contributed by atoms with Crippen molar-refractivity contribution >= 4 is 32.8 Å². The Hall–Kier alpha value is -2.16.